The SMILES string of the molecule is CCOc1cc(/C=C2\SC(=S)N(NC(=O)c3ccc(OC)cc3)C2=O)ccc1OCC(=O)N1CCOCC1. The summed E-state index contributed by atoms with van der Waals surface area (Å²) in [4.78, 5) is 40.1. The third kappa shape index (κ3) is 6.63. The first-order chi connectivity index (χ1) is 18.4. The van der Waals surface area contributed by atoms with Crippen LogP contribution in [-0.4, -0.2) is 78.6 Å². The summed E-state index contributed by atoms with van der Waals surface area (Å²) in [6, 6.07) is 11.7. The minimum atomic E-state index is -0.475. The molecule has 0 radical (unpaired) electrons. The molecule has 2 aliphatic heterocycles. The van der Waals surface area contributed by atoms with Crippen molar-refractivity contribution in [2.24, 2.45) is 0 Å². The highest BCUT2D eigenvalue weighted by Crippen LogP contribution is 2.34. The molecule has 0 aromatic heterocycles. The van der Waals surface area contributed by atoms with Crippen molar-refractivity contribution < 1.29 is 33.3 Å². The lowest BCUT2D eigenvalue weighted by Gasteiger charge is -2.26. The Kier molecular flexibility index (Phi) is 9.21. The summed E-state index contributed by atoms with van der Waals surface area (Å²) >= 11 is 6.40. The Morgan fingerprint density at radius 1 is 1.11 bits per heavy atom. The summed E-state index contributed by atoms with van der Waals surface area (Å²) in [5.41, 5.74) is 3.58. The number of carbonyl (C=O) groups is 3. The number of amides is 3. The van der Waals surface area contributed by atoms with Crippen LogP contribution in [0.3, 0.4) is 0 Å². The molecule has 0 aliphatic carbocycles. The van der Waals surface area contributed by atoms with Gasteiger partial charge in [0.25, 0.3) is 17.7 Å². The fourth-order valence-corrected chi connectivity index (χ4v) is 4.85. The van der Waals surface area contributed by atoms with E-state index in [1.807, 2.05) is 6.92 Å². The first kappa shape index (κ1) is 27.4. The third-order valence-electron chi connectivity index (χ3n) is 5.64. The third-order valence-corrected chi connectivity index (χ3v) is 6.94. The van der Waals surface area contributed by atoms with Gasteiger partial charge in [-0.25, -0.2) is 0 Å². The first-order valence-corrected chi connectivity index (χ1v) is 13.1. The highest BCUT2D eigenvalue weighted by atomic mass is 32.2. The van der Waals surface area contributed by atoms with Crippen molar-refractivity contribution in [2.45, 2.75) is 6.92 Å². The Balaban J connectivity index is 1.43. The predicted molar refractivity (Wildman–Crippen MR) is 146 cm³/mol. The molecule has 2 aromatic carbocycles. The first-order valence-electron chi connectivity index (χ1n) is 11.9. The molecule has 12 heteroatoms. The van der Waals surface area contributed by atoms with E-state index in [4.69, 9.17) is 31.2 Å². The van der Waals surface area contributed by atoms with Gasteiger partial charge in [-0.3, -0.25) is 19.8 Å². The molecule has 0 unspecified atom stereocenters. The van der Waals surface area contributed by atoms with Crippen molar-refractivity contribution in [2.75, 3.05) is 46.6 Å². The van der Waals surface area contributed by atoms with E-state index in [1.54, 1.807) is 53.4 Å². The van der Waals surface area contributed by atoms with E-state index in [0.29, 0.717) is 66.2 Å². The highest BCUT2D eigenvalue weighted by Gasteiger charge is 2.34. The number of thiocarbonyl (C=S) groups is 1. The standard InChI is InChI=1S/C26H27N3O7S2/c1-3-35-21-14-17(4-9-20(21)36-16-23(30)28-10-12-34-13-11-28)15-22-25(32)29(26(37)38-22)27-24(31)18-5-7-19(33-2)8-6-18/h4-9,14-15H,3,10-13,16H2,1-2H3,(H,27,31)/b22-15-. The maximum absolute atomic E-state index is 13.0. The number of hydrazine groups is 1. The van der Waals surface area contributed by atoms with Crippen LogP contribution in [-0.2, 0) is 14.3 Å². The van der Waals surface area contributed by atoms with Gasteiger partial charge < -0.3 is 23.8 Å². The zero-order valence-corrected chi connectivity index (χ0v) is 22.6. The van der Waals surface area contributed by atoms with Gasteiger partial charge in [-0.2, -0.15) is 5.01 Å². The van der Waals surface area contributed by atoms with E-state index in [-0.39, 0.29) is 16.8 Å². The van der Waals surface area contributed by atoms with Gasteiger partial charge in [0, 0.05) is 18.7 Å². The molecule has 3 amide bonds. The van der Waals surface area contributed by atoms with Crippen LogP contribution in [0, 0.1) is 0 Å². The minimum absolute atomic E-state index is 0.119. The molecule has 2 saturated heterocycles. The Hall–Kier alpha value is -3.61. The molecular weight excluding hydrogens is 530 g/mol. The van der Waals surface area contributed by atoms with E-state index < -0.39 is 11.8 Å². The number of nitrogens with one attached hydrogen (secondary N) is 1. The van der Waals surface area contributed by atoms with Gasteiger partial charge in [0.05, 0.1) is 31.8 Å². The van der Waals surface area contributed by atoms with Crippen LogP contribution >= 0.6 is 24.0 Å². The van der Waals surface area contributed by atoms with E-state index in [2.05, 4.69) is 5.43 Å². The van der Waals surface area contributed by atoms with Gasteiger partial charge >= 0.3 is 0 Å². The molecule has 4 rings (SSSR count). The van der Waals surface area contributed by atoms with Gasteiger partial charge in [0.1, 0.15) is 5.75 Å². The van der Waals surface area contributed by atoms with Crippen LogP contribution in [0.15, 0.2) is 47.4 Å². The quantitative estimate of drug-likeness (QED) is 0.368. The highest BCUT2D eigenvalue weighted by molar-refractivity contribution is 8.26. The van der Waals surface area contributed by atoms with Gasteiger partial charge in [-0.1, -0.05) is 17.8 Å². The second-order valence-corrected chi connectivity index (χ2v) is 9.78. The smallest absolute Gasteiger partial charge is 0.285 e. The van der Waals surface area contributed by atoms with Crippen molar-refractivity contribution in [1.29, 1.82) is 0 Å². The van der Waals surface area contributed by atoms with E-state index in [0.717, 1.165) is 16.8 Å². The van der Waals surface area contributed by atoms with Crippen LogP contribution in [0.2, 0.25) is 0 Å². The number of hydrogen-bond acceptors (Lipinski definition) is 9. The number of benzene rings is 2. The molecule has 1 N–H and O–H groups in total. The topological polar surface area (TPSA) is 107 Å². The fraction of sp³-hybridized carbons (Fsp3) is 0.308. The Labute approximate surface area is 229 Å². The maximum Gasteiger partial charge on any atom is 0.285 e. The summed E-state index contributed by atoms with van der Waals surface area (Å²) in [6.45, 7) is 4.22. The van der Waals surface area contributed by atoms with Crippen LogP contribution in [0.1, 0.15) is 22.8 Å². The second-order valence-electron chi connectivity index (χ2n) is 8.11. The van der Waals surface area contributed by atoms with Gasteiger partial charge in [0.15, 0.2) is 22.4 Å². The molecule has 2 aliphatic rings. The second kappa shape index (κ2) is 12.8. The predicted octanol–water partition coefficient (Wildman–Crippen LogP) is 2.88. The molecule has 2 heterocycles. The molecule has 0 bridgehead atoms. The van der Waals surface area contributed by atoms with Crippen molar-refractivity contribution in [3.63, 3.8) is 0 Å². The molecule has 2 fully saturated rings. The molecule has 0 atom stereocenters. The summed E-state index contributed by atoms with van der Waals surface area (Å²) in [5, 5.41) is 1.05. The van der Waals surface area contributed by atoms with Crippen LogP contribution < -0.4 is 19.6 Å². The summed E-state index contributed by atoms with van der Waals surface area (Å²) in [5.74, 6) is 0.430. The number of hydrogen-bond donors (Lipinski definition) is 1. The lowest BCUT2D eigenvalue weighted by molar-refractivity contribution is -0.137. The molecular formula is C26H27N3O7S2. The average Bonchev–Trinajstić information content (AvgIpc) is 3.20. The molecule has 10 nitrogen and oxygen atoms in total. The number of rotatable bonds is 9. The monoisotopic (exact) mass is 557 g/mol. The summed E-state index contributed by atoms with van der Waals surface area (Å²) in [6.07, 6.45) is 1.66. The number of thioether (sulfide) groups is 1. The summed E-state index contributed by atoms with van der Waals surface area (Å²) < 4.78 is 22.0. The van der Waals surface area contributed by atoms with Crippen molar-refractivity contribution in [3.8, 4) is 17.2 Å². The van der Waals surface area contributed by atoms with Crippen molar-refractivity contribution in [3.05, 3.63) is 58.5 Å². The van der Waals surface area contributed by atoms with Crippen LogP contribution in [0.4, 0.5) is 0 Å². The average molecular weight is 558 g/mol. The normalized spacial score (nSPS) is 16.5. The van der Waals surface area contributed by atoms with Crippen molar-refractivity contribution in [1.82, 2.24) is 15.3 Å². The number of ether oxygens (including phenoxy) is 4. The molecule has 200 valence electrons. The van der Waals surface area contributed by atoms with Crippen LogP contribution in [0.5, 0.6) is 17.2 Å². The molecule has 0 saturated carbocycles. The zero-order chi connectivity index (χ0) is 27.1. The Morgan fingerprint density at radius 3 is 2.53 bits per heavy atom. The number of carbonyl (C=O) groups excluding carboxylic acids is 3. The number of nitrogens with zero attached hydrogens (tertiary/aromatic N) is 2. The van der Waals surface area contributed by atoms with Crippen LogP contribution in [0.25, 0.3) is 6.08 Å². The lowest BCUT2D eigenvalue weighted by atomic mass is 10.2. The Bertz CT molecular complexity index is 1240. The Morgan fingerprint density at radius 2 is 1.84 bits per heavy atom. The molecule has 38 heavy (non-hydrogen) atoms. The minimum Gasteiger partial charge on any atom is -0.497 e. The largest absolute Gasteiger partial charge is 0.497 e. The summed E-state index contributed by atoms with van der Waals surface area (Å²) in [7, 11) is 1.53. The van der Waals surface area contributed by atoms with E-state index in [9.17, 15) is 14.4 Å². The lowest BCUT2D eigenvalue weighted by Crippen LogP contribution is -2.44. The number of methoxy groups -OCH3 is 1. The van der Waals surface area contributed by atoms with Gasteiger partial charge in [0.2, 0.25) is 0 Å². The van der Waals surface area contributed by atoms with Crippen molar-refractivity contribution >= 4 is 52.1 Å². The van der Waals surface area contributed by atoms with Gasteiger partial charge in [-0.15, -0.1) is 0 Å². The fourth-order valence-electron chi connectivity index (χ4n) is 3.67. The van der Waals surface area contributed by atoms with Gasteiger partial charge in [-0.05, 0) is 67.2 Å². The zero-order valence-electron chi connectivity index (χ0n) is 20.9. The number of morpholine rings is 1. The maximum atomic E-state index is 13.0. The van der Waals surface area contributed by atoms with E-state index >= 15 is 0 Å². The van der Waals surface area contributed by atoms with E-state index in [1.165, 1.54) is 7.11 Å². The molecule has 2 aromatic rings. The molecule has 0 spiro atoms.